The number of aryl methyl sites for hydroxylation is 1. The quantitative estimate of drug-likeness (QED) is 0.713. The third-order valence-electron chi connectivity index (χ3n) is 5.26. The van der Waals surface area contributed by atoms with Gasteiger partial charge >= 0.3 is 0 Å². The molecule has 0 unspecified atom stereocenters. The molecule has 0 atom stereocenters. The van der Waals surface area contributed by atoms with Gasteiger partial charge < -0.3 is 4.90 Å². The first-order valence-corrected chi connectivity index (χ1v) is 9.18. The minimum atomic E-state index is -0.572. The van der Waals surface area contributed by atoms with E-state index in [-0.39, 0.29) is 11.6 Å². The number of carbonyl (C=O) groups is 1. The van der Waals surface area contributed by atoms with Crippen molar-refractivity contribution in [2.24, 2.45) is 5.92 Å². The lowest BCUT2D eigenvalue weighted by Crippen LogP contribution is -2.39. The molecule has 1 amide bonds. The number of benzene rings is 1. The molecule has 1 saturated heterocycles. The molecule has 5 heteroatoms. The highest BCUT2D eigenvalue weighted by molar-refractivity contribution is 5.93. The van der Waals surface area contributed by atoms with Crippen LogP contribution < -0.4 is 0 Å². The summed E-state index contributed by atoms with van der Waals surface area (Å²) in [5, 5.41) is 0. The fourth-order valence-corrected chi connectivity index (χ4v) is 3.69. The van der Waals surface area contributed by atoms with Gasteiger partial charge in [0.25, 0.3) is 5.91 Å². The van der Waals surface area contributed by atoms with Gasteiger partial charge in [-0.3, -0.25) is 9.20 Å². The highest BCUT2D eigenvalue weighted by Gasteiger charge is 2.28. The van der Waals surface area contributed by atoms with Gasteiger partial charge in [0.2, 0.25) is 5.95 Å². The molecule has 0 bridgehead atoms. The number of hydrogen-bond acceptors (Lipinski definition) is 2. The summed E-state index contributed by atoms with van der Waals surface area (Å²) >= 11 is 0. The second-order valence-electron chi connectivity index (χ2n) is 6.94. The van der Waals surface area contributed by atoms with Crippen LogP contribution in [0.4, 0.5) is 4.39 Å². The van der Waals surface area contributed by atoms with Crippen LogP contribution in [0.1, 0.15) is 35.3 Å². The van der Waals surface area contributed by atoms with Crippen LogP contribution in [-0.4, -0.2) is 33.3 Å². The highest BCUT2D eigenvalue weighted by atomic mass is 19.1. The summed E-state index contributed by atoms with van der Waals surface area (Å²) in [5.41, 5.74) is 1.75. The van der Waals surface area contributed by atoms with Gasteiger partial charge in [0.05, 0.1) is 0 Å². The van der Waals surface area contributed by atoms with Crippen molar-refractivity contribution < 1.29 is 9.18 Å². The molecule has 0 radical (unpaired) electrons. The molecular weight excluding hydrogens is 329 g/mol. The van der Waals surface area contributed by atoms with Crippen LogP contribution in [0, 0.1) is 11.9 Å². The van der Waals surface area contributed by atoms with Crippen molar-refractivity contribution >= 4 is 11.6 Å². The van der Waals surface area contributed by atoms with E-state index < -0.39 is 5.95 Å². The van der Waals surface area contributed by atoms with E-state index in [1.54, 1.807) is 29.3 Å². The summed E-state index contributed by atoms with van der Waals surface area (Å²) in [6.07, 6.45) is 5.72. The van der Waals surface area contributed by atoms with Gasteiger partial charge in [-0.15, -0.1) is 0 Å². The molecular formula is C21H22FN3O. The maximum absolute atomic E-state index is 14.5. The molecule has 3 aromatic rings. The predicted octanol–water partition coefficient (Wildman–Crippen LogP) is 3.96. The predicted molar refractivity (Wildman–Crippen MR) is 98.5 cm³/mol. The molecule has 1 aliphatic heterocycles. The molecule has 3 heterocycles. The summed E-state index contributed by atoms with van der Waals surface area (Å²) in [6, 6.07) is 15.7. The summed E-state index contributed by atoms with van der Waals surface area (Å²) in [7, 11) is 0. The van der Waals surface area contributed by atoms with Crippen LogP contribution in [0.15, 0.2) is 54.7 Å². The molecule has 1 aromatic carbocycles. The van der Waals surface area contributed by atoms with E-state index >= 15 is 0 Å². The SMILES string of the molecule is O=C(c1nc2ccccn2c1F)N1CCC(CCc2ccccc2)CC1. The smallest absolute Gasteiger partial charge is 0.277 e. The van der Waals surface area contributed by atoms with Crippen molar-refractivity contribution in [2.45, 2.75) is 25.7 Å². The zero-order valence-electron chi connectivity index (χ0n) is 14.6. The van der Waals surface area contributed by atoms with Crippen molar-refractivity contribution in [3.05, 3.63) is 71.9 Å². The lowest BCUT2D eigenvalue weighted by molar-refractivity contribution is 0.0676. The van der Waals surface area contributed by atoms with Crippen molar-refractivity contribution in [1.29, 1.82) is 0 Å². The molecule has 0 N–H and O–H groups in total. The third-order valence-corrected chi connectivity index (χ3v) is 5.26. The standard InChI is InChI=1S/C21H22FN3O/c22-20-19(23-18-8-4-5-13-25(18)20)21(26)24-14-11-17(12-15-24)10-9-16-6-2-1-3-7-16/h1-8,13,17H,9-12,14-15H2. The van der Waals surface area contributed by atoms with Gasteiger partial charge in [0, 0.05) is 19.3 Å². The molecule has 134 valence electrons. The fraction of sp³-hybridized carbons (Fsp3) is 0.333. The van der Waals surface area contributed by atoms with Gasteiger partial charge in [-0.25, -0.2) is 4.98 Å². The Labute approximate surface area is 152 Å². The lowest BCUT2D eigenvalue weighted by atomic mass is 9.90. The first kappa shape index (κ1) is 16.8. The number of amides is 1. The van der Waals surface area contributed by atoms with Crippen LogP contribution >= 0.6 is 0 Å². The monoisotopic (exact) mass is 351 g/mol. The van der Waals surface area contributed by atoms with E-state index in [0.29, 0.717) is 24.7 Å². The van der Waals surface area contributed by atoms with Crippen molar-refractivity contribution in [3.8, 4) is 0 Å². The van der Waals surface area contributed by atoms with E-state index in [1.165, 1.54) is 9.96 Å². The Balaban J connectivity index is 1.36. The number of rotatable bonds is 4. The molecule has 4 rings (SSSR count). The normalized spacial score (nSPS) is 15.5. The molecule has 26 heavy (non-hydrogen) atoms. The van der Waals surface area contributed by atoms with E-state index in [1.807, 2.05) is 6.07 Å². The van der Waals surface area contributed by atoms with Crippen LogP contribution in [0.2, 0.25) is 0 Å². The number of imidazole rings is 1. The van der Waals surface area contributed by atoms with Gasteiger partial charge in [0.1, 0.15) is 5.65 Å². The summed E-state index contributed by atoms with van der Waals surface area (Å²) in [4.78, 5) is 18.6. The number of nitrogens with zero attached hydrogens (tertiary/aromatic N) is 3. The van der Waals surface area contributed by atoms with E-state index in [4.69, 9.17) is 0 Å². The molecule has 2 aromatic heterocycles. The first-order chi connectivity index (χ1) is 12.7. The Bertz CT molecular complexity index is 898. The van der Waals surface area contributed by atoms with Crippen LogP contribution in [0.5, 0.6) is 0 Å². The summed E-state index contributed by atoms with van der Waals surface area (Å²) in [6.45, 7) is 1.34. The minimum Gasteiger partial charge on any atom is -0.337 e. The van der Waals surface area contributed by atoms with Gasteiger partial charge in [-0.2, -0.15) is 4.39 Å². The highest BCUT2D eigenvalue weighted by Crippen LogP contribution is 2.24. The molecule has 0 aliphatic carbocycles. The third kappa shape index (κ3) is 3.34. The number of pyridine rings is 1. The minimum absolute atomic E-state index is 0.0704. The Morgan fingerprint density at radius 2 is 1.81 bits per heavy atom. The molecule has 4 nitrogen and oxygen atoms in total. The van der Waals surface area contributed by atoms with Crippen LogP contribution in [-0.2, 0) is 6.42 Å². The lowest BCUT2D eigenvalue weighted by Gasteiger charge is -2.31. The van der Waals surface area contributed by atoms with E-state index in [0.717, 1.165) is 25.7 Å². The number of likely N-dealkylation sites (tertiary alicyclic amines) is 1. The Hall–Kier alpha value is -2.69. The van der Waals surface area contributed by atoms with Gasteiger partial charge in [-0.1, -0.05) is 36.4 Å². The first-order valence-electron chi connectivity index (χ1n) is 9.18. The molecule has 0 spiro atoms. The fourth-order valence-electron chi connectivity index (χ4n) is 3.69. The van der Waals surface area contributed by atoms with E-state index in [9.17, 15) is 9.18 Å². The molecule has 1 fully saturated rings. The van der Waals surface area contributed by atoms with Gasteiger partial charge in [-0.05, 0) is 49.3 Å². The zero-order chi connectivity index (χ0) is 17.9. The average molecular weight is 351 g/mol. The summed E-state index contributed by atoms with van der Waals surface area (Å²) < 4.78 is 15.8. The number of aromatic nitrogens is 2. The van der Waals surface area contributed by atoms with Crippen LogP contribution in [0.25, 0.3) is 5.65 Å². The topological polar surface area (TPSA) is 37.6 Å². The second kappa shape index (κ2) is 7.28. The number of halogens is 1. The number of hydrogen-bond donors (Lipinski definition) is 0. The second-order valence-corrected chi connectivity index (χ2v) is 6.94. The van der Waals surface area contributed by atoms with E-state index in [2.05, 4.69) is 29.2 Å². The van der Waals surface area contributed by atoms with Crippen molar-refractivity contribution in [3.63, 3.8) is 0 Å². The molecule has 1 aliphatic rings. The average Bonchev–Trinajstić information content (AvgIpc) is 3.04. The molecule has 0 saturated carbocycles. The largest absolute Gasteiger partial charge is 0.337 e. The van der Waals surface area contributed by atoms with Gasteiger partial charge in [0.15, 0.2) is 5.69 Å². The summed E-state index contributed by atoms with van der Waals surface area (Å²) in [5.74, 6) is -0.255. The number of carbonyl (C=O) groups excluding carboxylic acids is 1. The Morgan fingerprint density at radius 1 is 1.08 bits per heavy atom. The zero-order valence-corrected chi connectivity index (χ0v) is 14.6. The Kier molecular flexibility index (Phi) is 4.69. The van der Waals surface area contributed by atoms with Crippen LogP contribution in [0.3, 0.4) is 0 Å². The van der Waals surface area contributed by atoms with Crippen molar-refractivity contribution in [1.82, 2.24) is 14.3 Å². The maximum Gasteiger partial charge on any atom is 0.277 e. The maximum atomic E-state index is 14.5. The van der Waals surface area contributed by atoms with Crippen molar-refractivity contribution in [2.75, 3.05) is 13.1 Å². The number of fused-ring (bicyclic) bond motifs is 1. The Morgan fingerprint density at radius 3 is 2.54 bits per heavy atom. The number of piperidine rings is 1.